The van der Waals surface area contributed by atoms with Crippen molar-refractivity contribution in [3.8, 4) is 5.75 Å². The number of hydrogen-bond acceptors (Lipinski definition) is 5. The fraction of sp³-hybridized carbons (Fsp3) is 0.273. The zero-order valence-corrected chi connectivity index (χ0v) is 9.13. The number of benzene rings is 1. The van der Waals surface area contributed by atoms with Crippen molar-refractivity contribution < 1.29 is 18.8 Å². The van der Waals surface area contributed by atoms with Crippen LogP contribution in [0.25, 0.3) is 0 Å². The van der Waals surface area contributed by atoms with E-state index >= 15 is 0 Å². The molecule has 0 saturated carbocycles. The van der Waals surface area contributed by atoms with Crippen LogP contribution in [-0.2, 0) is 6.61 Å². The van der Waals surface area contributed by atoms with E-state index in [0.29, 0.717) is 11.4 Å². The summed E-state index contributed by atoms with van der Waals surface area (Å²) in [5.74, 6) is -0.116. The third kappa shape index (κ3) is 2.79. The lowest BCUT2D eigenvalue weighted by atomic mass is 10.1. The molecular weight excluding hydrogens is 227 g/mol. The highest BCUT2D eigenvalue weighted by Crippen LogP contribution is 2.22. The lowest BCUT2D eigenvalue weighted by Crippen LogP contribution is -2.00. The van der Waals surface area contributed by atoms with Gasteiger partial charge >= 0.3 is 0 Å². The number of ether oxygens (including phenoxy) is 1. The predicted octanol–water partition coefficient (Wildman–Crippen LogP) is 1.84. The molecule has 0 fully saturated rings. The summed E-state index contributed by atoms with van der Waals surface area (Å²) in [7, 11) is 0. The van der Waals surface area contributed by atoms with Crippen molar-refractivity contribution in [3.05, 3.63) is 41.8 Å². The molecule has 2 aromatic rings. The molecule has 1 aromatic heterocycles. The summed E-state index contributed by atoms with van der Waals surface area (Å²) in [4.78, 5) is 3.74. The van der Waals surface area contributed by atoms with Gasteiger partial charge in [-0.15, -0.1) is 0 Å². The van der Waals surface area contributed by atoms with E-state index in [1.807, 2.05) is 0 Å². The van der Waals surface area contributed by atoms with Crippen LogP contribution in [0.5, 0.6) is 5.75 Å². The lowest BCUT2D eigenvalue weighted by molar-refractivity contribution is 0.198. The van der Waals surface area contributed by atoms with Crippen molar-refractivity contribution in [1.82, 2.24) is 10.1 Å². The number of aliphatic hydroxyl groups excluding tert-OH is 1. The topological polar surface area (TPSA) is 68.4 Å². The Kier molecular flexibility index (Phi) is 3.34. The van der Waals surface area contributed by atoms with Crippen LogP contribution >= 0.6 is 0 Å². The van der Waals surface area contributed by atoms with Gasteiger partial charge in [0.1, 0.15) is 0 Å². The molecule has 0 aliphatic carbocycles. The van der Waals surface area contributed by atoms with E-state index < -0.39 is 11.9 Å². The number of aliphatic hydroxyl groups is 1. The van der Waals surface area contributed by atoms with Crippen LogP contribution in [0.2, 0.25) is 0 Å². The molecule has 0 aliphatic rings. The monoisotopic (exact) mass is 238 g/mol. The van der Waals surface area contributed by atoms with Gasteiger partial charge in [0.25, 0.3) is 0 Å². The molecule has 0 saturated heterocycles. The van der Waals surface area contributed by atoms with Gasteiger partial charge in [-0.05, 0) is 24.6 Å². The van der Waals surface area contributed by atoms with E-state index in [-0.39, 0.29) is 12.4 Å². The van der Waals surface area contributed by atoms with E-state index in [1.54, 1.807) is 13.0 Å². The zero-order valence-electron chi connectivity index (χ0n) is 9.13. The fourth-order valence-electron chi connectivity index (χ4n) is 1.29. The molecule has 0 bridgehead atoms. The Hall–Kier alpha value is -1.95. The van der Waals surface area contributed by atoms with Crippen LogP contribution in [0.15, 0.2) is 29.1 Å². The molecule has 0 radical (unpaired) electrons. The minimum Gasteiger partial charge on any atom is -0.482 e. The first-order chi connectivity index (χ1) is 8.16. The minimum absolute atomic E-state index is 0.0292. The van der Waals surface area contributed by atoms with Gasteiger partial charge in [-0.25, -0.2) is 4.39 Å². The van der Waals surface area contributed by atoms with E-state index in [4.69, 9.17) is 4.74 Å². The number of halogens is 1. The first-order valence-electron chi connectivity index (χ1n) is 5.02. The maximum Gasteiger partial charge on any atom is 0.213 e. The van der Waals surface area contributed by atoms with Gasteiger partial charge < -0.3 is 14.4 Å². The van der Waals surface area contributed by atoms with Gasteiger partial charge in [0, 0.05) is 0 Å². The summed E-state index contributed by atoms with van der Waals surface area (Å²) in [6, 6.07) is 4.28. The Morgan fingerprint density at radius 2 is 2.35 bits per heavy atom. The number of rotatable bonds is 4. The molecule has 1 heterocycles. The fourth-order valence-corrected chi connectivity index (χ4v) is 1.29. The SMILES string of the molecule is C[C@@H](O)c1ccc(OCc2ncon2)c(F)c1. The lowest BCUT2D eigenvalue weighted by Gasteiger charge is -2.08. The van der Waals surface area contributed by atoms with Crippen molar-refractivity contribution in [2.75, 3.05) is 0 Å². The highest BCUT2D eigenvalue weighted by Gasteiger charge is 2.09. The number of aromatic nitrogens is 2. The van der Waals surface area contributed by atoms with Crippen molar-refractivity contribution in [3.63, 3.8) is 0 Å². The quantitative estimate of drug-likeness (QED) is 0.880. The Morgan fingerprint density at radius 3 is 2.94 bits per heavy atom. The first-order valence-corrected chi connectivity index (χ1v) is 5.02. The zero-order chi connectivity index (χ0) is 12.3. The highest BCUT2D eigenvalue weighted by atomic mass is 19.1. The molecule has 1 aromatic carbocycles. The Morgan fingerprint density at radius 1 is 1.53 bits per heavy atom. The molecule has 5 nitrogen and oxygen atoms in total. The van der Waals surface area contributed by atoms with E-state index in [1.165, 1.54) is 18.5 Å². The van der Waals surface area contributed by atoms with Gasteiger partial charge in [-0.1, -0.05) is 11.2 Å². The second-order valence-corrected chi connectivity index (χ2v) is 3.50. The van der Waals surface area contributed by atoms with Crippen molar-refractivity contribution in [2.24, 2.45) is 0 Å². The van der Waals surface area contributed by atoms with Gasteiger partial charge in [0.2, 0.25) is 12.2 Å². The second kappa shape index (κ2) is 4.92. The summed E-state index contributed by atoms with van der Waals surface area (Å²) >= 11 is 0. The molecule has 90 valence electrons. The van der Waals surface area contributed by atoms with Crippen LogP contribution in [0.1, 0.15) is 24.4 Å². The van der Waals surface area contributed by atoms with Gasteiger partial charge in [-0.3, -0.25) is 0 Å². The van der Waals surface area contributed by atoms with E-state index in [2.05, 4.69) is 14.7 Å². The maximum atomic E-state index is 13.5. The Bertz CT molecular complexity index is 485. The van der Waals surface area contributed by atoms with E-state index in [0.717, 1.165) is 0 Å². The van der Waals surface area contributed by atoms with Crippen LogP contribution in [0.4, 0.5) is 4.39 Å². The Labute approximate surface area is 96.8 Å². The molecule has 1 atom stereocenters. The smallest absolute Gasteiger partial charge is 0.213 e. The summed E-state index contributed by atoms with van der Waals surface area (Å²) in [6.45, 7) is 1.59. The van der Waals surface area contributed by atoms with Crippen LogP contribution < -0.4 is 4.74 Å². The van der Waals surface area contributed by atoms with Gasteiger partial charge in [-0.2, -0.15) is 4.98 Å². The normalized spacial score (nSPS) is 12.4. The summed E-state index contributed by atoms with van der Waals surface area (Å²) in [6.07, 6.45) is 0.460. The van der Waals surface area contributed by atoms with Crippen molar-refractivity contribution in [1.29, 1.82) is 0 Å². The standard InChI is InChI=1S/C11H11FN2O3/c1-7(15)8-2-3-10(9(12)4-8)16-5-11-13-6-17-14-11/h2-4,6-7,15H,5H2,1H3/t7-/m1/s1. The second-order valence-electron chi connectivity index (χ2n) is 3.50. The molecule has 2 rings (SSSR count). The van der Waals surface area contributed by atoms with E-state index in [9.17, 15) is 9.50 Å². The van der Waals surface area contributed by atoms with Crippen LogP contribution in [0.3, 0.4) is 0 Å². The largest absolute Gasteiger partial charge is 0.482 e. The molecule has 1 N–H and O–H groups in total. The predicted molar refractivity (Wildman–Crippen MR) is 55.7 cm³/mol. The average Bonchev–Trinajstić information content (AvgIpc) is 2.80. The third-order valence-corrected chi connectivity index (χ3v) is 2.20. The summed E-state index contributed by atoms with van der Waals surface area (Å²) in [5, 5.41) is 12.8. The molecular formula is C11H11FN2O3. The minimum atomic E-state index is -0.712. The molecule has 0 spiro atoms. The van der Waals surface area contributed by atoms with Crippen molar-refractivity contribution in [2.45, 2.75) is 19.6 Å². The Balaban J connectivity index is 2.06. The third-order valence-electron chi connectivity index (χ3n) is 2.20. The van der Waals surface area contributed by atoms with Crippen LogP contribution in [-0.4, -0.2) is 15.2 Å². The molecule has 0 unspecified atom stereocenters. The van der Waals surface area contributed by atoms with Gasteiger partial charge in [0.15, 0.2) is 18.2 Å². The summed E-state index contributed by atoms with van der Waals surface area (Å²) < 4.78 is 23.2. The molecule has 0 amide bonds. The molecule has 0 aliphatic heterocycles. The summed E-state index contributed by atoms with van der Waals surface area (Å²) in [5.41, 5.74) is 0.495. The molecule has 17 heavy (non-hydrogen) atoms. The van der Waals surface area contributed by atoms with Gasteiger partial charge in [0.05, 0.1) is 6.10 Å². The average molecular weight is 238 g/mol. The first kappa shape index (κ1) is 11.5. The highest BCUT2D eigenvalue weighted by molar-refractivity contribution is 5.30. The number of hydrogen-bond donors (Lipinski definition) is 1. The molecule has 6 heteroatoms. The number of nitrogens with zero attached hydrogens (tertiary/aromatic N) is 2. The van der Waals surface area contributed by atoms with Crippen molar-refractivity contribution >= 4 is 0 Å². The maximum absolute atomic E-state index is 13.5. The van der Waals surface area contributed by atoms with Crippen LogP contribution in [0, 0.1) is 5.82 Å².